The molecule has 7 nitrogen and oxygen atoms in total. The third-order valence-corrected chi connectivity index (χ3v) is 6.43. The van der Waals surface area contributed by atoms with Crippen LogP contribution in [0.25, 0.3) is 11.0 Å². The first-order valence-corrected chi connectivity index (χ1v) is 12.0. The average molecular weight is 514 g/mol. The average Bonchev–Trinajstić information content (AvgIpc) is 3.34. The Bertz CT molecular complexity index is 1370. The summed E-state index contributed by atoms with van der Waals surface area (Å²) in [4.78, 5) is 16.8. The monoisotopic (exact) mass is 513 g/mol. The Balaban J connectivity index is 1.16. The number of piperazine rings is 1. The normalized spacial score (nSPS) is 14.7. The molecule has 1 saturated heterocycles. The van der Waals surface area contributed by atoms with E-state index in [0.717, 1.165) is 34.9 Å². The van der Waals surface area contributed by atoms with Crippen molar-refractivity contribution in [1.82, 2.24) is 18.5 Å². The van der Waals surface area contributed by atoms with Gasteiger partial charge in [0.25, 0.3) is 0 Å². The van der Waals surface area contributed by atoms with Crippen molar-refractivity contribution in [3.05, 3.63) is 77.9 Å². The van der Waals surface area contributed by atoms with Crippen LogP contribution in [0.4, 0.5) is 23.7 Å². The first-order valence-electron chi connectivity index (χ1n) is 11.3. The molecule has 1 fully saturated rings. The highest BCUT2D eigenvalue weighted by Crippen LogP contribution is 2.33. The first-order chi connectivity index (χ1) is 17.3. The lowest BCUT2D eigenvalue weighted by atomic mass is 10.2. The molecule has 0 bridgehead atoms. The summed E-state index contributed by atoms with van der Waals surface area (Å²) in [6.07, 6.45) is -4.42. The van der Waals surface area contributed by atoms with E-state index in [1.165, 1.54) is 12.1 Å². The number of hydrogen-bond acceptors (Lipinski definition) is 6. The van der Waals surface area contributed by atoms with Gasteiger partial charge in [-0.15, -0.1) is 0 Å². The zero-order valence-electron chi connectivity index (χ0n) is 19.0. The predicted molar refractivity (Wildman–Crippen MR) is 131 cm³/mol. The van der Waals surface area contributed by atoms with Crippen LogP contribution in [-0.4, -0.2) is 50.8 Å². The summed E-state index contributed by atoms with van der Waals surface area (Å²) < 4.78 is 53.1. The van der Waals surface area contributed by atoms with Gasteiger partial charge in [-0.2, -0.15) is 21.9 Å². The molecule has 3 aromatic carbocycles. The predicted octanol–water partition coefficient (Wildman–Crippen LogP) is 5.85. The molecule has 36 heavy (non-hydrogen) atoms. The summed E-state index contributed by atoms with van der Waals surface area (Å²) in [5.74, 6) is 0.598. The van der Waals surface area contributed by atoms with E-state index in [9.17, 15) is 18.0 Å². The first kappa shape index (κ1) is 24.0. The Morgan fingerprint density at radius 2 is 1.67 bits per heavy atom. The van der Waals surface area contributed by atoms with E-state index < -0.39 is 11.7 Å². The van der Waals surface area contributed by atoms with Crippen LogP contribution < -0.4 is 10.1 Å². The number of carbonyl (C=O) groups excluding carboxylic acids is 1. The number of alkyl halides is 3. The van der Waals surface area contributed by atoms with E-state index in [0.29, 0.717) is 49.7 Å². The molecule has 2 amide bonds. The molecule has 1 aliphatic rings. The van der Waals surface area contributed by atoms with Gasteiger partial charge in [0.1, 0.15) is 22.5 Å². The minimum absolute atomic E-state index is 0.130. The summed E-state index contributed by atoms with van der Waals surface area (Å²) in [6, 6.07) is 17.4. The maximum atomic E-state index is 13.0. The molecule has 0 unspecified atom stereocenters. The van der Waals surface area contributed by atoms with Crippen LogP contribution in [0.2, 0.25) is 0 Å². The maximum absolute atomic E-state index is 13.0. The van der Waals surface area contributed by atoms with Gasteiger partial charge in [-0.05, 0) is 48.0 Å². The summed E-state index contributed by atoms with van der Waals surface area (Å²) >= 11 is 1.11. The second-order valence-corrected chi connectivity index (χ2v) is 8.93. The van der Waals surface area contributed by atoms with Crippen molar-refractivity contribution in [2.24, 2.45) is 0 Å². The molecule has 11 heteroatoms. The summed E-state index contributed by atoms with van der Waals surface area (Å²) in [6.45, 7) is 3.15. The topological polar surface area (TPSA) is 70.6 Å². The number of halogens is 3. The highest BCUT2D eigenvalue weighted by atomic mass is 32.1. The minimum atomic E-state index is -4.42. The molecule has 0 saturated carbocycles. The lowest BCUT2D eigenvalue weighted by Crippen LogP contribution is -2.49. The van der Waals surface area contributed by atoms with Crippen molar-refractivity contribution in [2.75, 3.05) is 31.5 Å². The maximum Gasteiger partial charge on any atom is 0.416 e. The molecule has 0 radical (unpaired) electrons. The Morgan fingerprint density at radius 3 is 2.44 bits per heavy atom. The van der Waals surface area contributed by atoms with Crippen LogP contribution in [0.15, 0.2) is 66.7 Å². The SMILES string of the molecule is O=C(Nc1cccc2nsnc12)N1CCN(Cc2cccc(Oc3cccc(C(F)(F)F)c3)c2)CC1. The fourth-order valence-corrected chi connectivity index (χ4v) is 4.60. The molecular weight excluding hydrogens is 491 g/mol. The molecule has 1 aromatic heterocycles. The molecule has 186 valence electrons. The summed E-state index contributed by atoms with van der Waals surface area (Å²) in [5, 5.41) is 2.93. The lowest BCUT2D eigenvalue weighted by Gasteiger charge is -2.34. The van der Waals surface area contributed by atoms with Crippen molar-refractivity contribution in [3.63, 3.8) is 0 Å². The van der Waals surface area contributed by atoms with Gasteiger partial charge < -0.3 is 15.0 Å². The zero-order chi connectivity index (χ0) is 25.1. The van der Waals surface area contributed by atoms with Crippen LogP contribution in [0, 0.1) is 0 Å². The van der Waals surface area contributed by atoms with Crippen LogP contribution in [0.1, 0.15) is 11.1 Å². The van der Waals surface area contributed by atoms with Gasteiger partial charge in [-0.1, -0.05) is 24.3 Å². The van der Waals surface area contributed by atoms with Gasteiger partial charge in [0, 0.05) is 32.7 Å². The third-order valence-electron chi connectivity index (χ3n) is 5.89. The molecule has 4 aromatic rings. The number of amides is 2. The van der Waals surface area contributed by atoms with Gasteiger partial charge in [0.15, 0.2) is 0 Å². The smallest absolute Gasteiger partial charge is 0.416 e. The molecule has 5 rings (SSSR count). The number of fused-ring (bicyclic) bond motifs is 1. The number of urea groups is 1. The number of aromatic nitrogens is 2. The van der Waals surface area contributed by atoms with Gasteiger partial charge in [0.2, 0.25) is 0 Å². The van der Waals surface area contributed by atoms with Crippen molar-refractivity contribution in [2.45, 2.75) is 12.7 Å². The number of benzene rings is 3. The Morgan fingerprint density at radius 1 is 0.944 bits per heavy atom. The number of ether oxygens (including phenoxy) is 1. The molecule has 0 aliphatic carbocycles. The van der Waals surface area contributed by atoms with Crippen molar-refractivity contribution in [1.29, 1.82) is 0 Å². The third kappa shape index (κ3) is 5.58. The van der Waals surface area contributed by atoms with Crippen molar-refractivity contribution < 1.29 is 22.7 Å². The molecular formula is C25H22F3N5O2S. The standard InChI is InChI=1S/C25H22F3N5O2S/c26-25(27,28)18-5-2-7-20(15-18)35-19-6-1-4-17(14-19)16-32-10-12-33(13-11-32)24(34)29-21-8-3-9-22-23(21)31-36-30-22/h1-9,14-15H,10-13,16H2,(H,29,34). The quantitative estimate of drug-likeness (QED) is 0.362. The number of carbonyl (C=O) groups is 1. The largest absolute Gasteiger partial charge is 0.457 e. The zero-order valence-corrected chi connectivity index (χ0v) is 19.9. The van der Waals surface area contributed by atoms with Crippen LogP contribution >= 0.6 is 11.7 Å². The second kappa shape index (κ2) is 10.1. The van der Waals surface area contributed by atoms with Crippen molar-refractivity contribution >= 4 is 34.5 Å². The van der Waals surface area contributed by atoms with Gasteiger partial charge in [-0.3, -0.25) is 4.90 Å². The molecule has 0 atom stereocenters. The Kier molecular flexibility index (Phi) is 6.75. The van der Waals surface area contributed by atoms with Gasteiger partial charge in [0.05, 0.1) is 23.0 Å². The number of nitrogens with zero attached hydrogens (tertiary/aromatic N) is 4. The molecule has 1 aliphatic heterocycles. The van der Waals surface area contributed by atoms with E-state index in [4.69, 9.17) is 4.74 Å². The Labute approximate surface area is 209 Å². The van der Waals surface area contributed by atoms with E-state index >= 15 is 0 Å². The highest BCUT2D eigenvalue weighted by molar-refractivity contribution is 7.00. The van der Waals surface area contributed by atoms with Crippen LogP contribution in [-0.2, 0) is 12.7 Å². The van der Waals surface area contributed by atoms with Gasteiger partial charge >= 0.3 is 12.2 Å². The fourth-order valence-electron chi connectivity index (χ4n) is 4.05. The minimum Gasteiger partial charge on any atom is -0.457 e. The fraction of sp³-hybridized carbons (Fsp3) is 0.240. The van der Waals surface area contributed by atoms with E-state index in [2.05, 4.69) is 19.0 Å². The number of nitrogens with one attached hydrogen (secondary N) is 1. The summed E-state index contributed by atoms with van der Waals surface area (Å²) in [7, 11) is 0. The lowest BCUT2D eigenvalue weighted by molar-refractivity contribution is -0.137. The number of rotatable bonds is 5. The van der Waals surface area contributed by atoms with Gasteiger partial charge in [-0.25, -0.2) is 4.79 Å². The van der Waals surface area contributed by atoms with E-state index in [1.54, 1.807) is 11.0 Å². The molecule has 0 spiro atoms. The van der Waals surface area contributed by atoms with E-state index in [-0.39, 0.29) is 11.8 Å². The molecule has 2 heterocycles. The number of hydrogen-bond donors (Lipinski definition) is 1. The Hall–Kier alpha value is -3.70. The molecule has 1 N–H and O–H groups in total. The second-order valence-electron chi connectivity index (χ2n) is 8.41. The summed E-state index contributed by atoms with van der Waals surface area (Å²) in [5.41, 5.74) is 2.30. The highest BCUT2D eigenvalue weighted by Gasteiger charge is 2.30. The van der Waals surface area contributed by atoms with Crippen LogP contribution in [0.5, 0.6) is 11.5 Å². The van der Waals surface area contributed by atoms with Crippen LogP contribution in [0.3, 0.4) is 0 Å². The number of anilines is 1. The van der Waals surface area contributed by atoms with Crippen molar-refractivity contribution in [3.8, 4) is 11.5 Å². The van der Waals surface area contributed by atoms with E-state index in [1.807, 2.05) is 36.4 Å².